The number of hydrogen-bond donors (Lipinski definition) is 1. The maximum atomic E-state index is 12.6. The average Bonchev–Trinajstić information content (AvgIpc) is 2.66. The predicted molar refractivity (Wildman–Crippen MR) is 106 cm³/mol. The summed E-state index contributed by atoms with van der Waals surface area (Å²) in [7, 11) is 0. The minimum atomic E-state index is -0.0723. The second kappa shape index (κ2) is 8.13. The average molecular weight is 353 g/mol. The Kier molecular flexibility index (Phi) is 5.66. The molecule has 0 radical (unpaired) electrons. The van der Waals surface area contributed by atoms with Crippen LogP contribution in [0.25, 0.3) is 0 Å². The zero-order valence-electron chi connectivity index (χ0n) is 15.8. The van der Waals surface area contributed by atoms with Gasteiger partial charge in [-0.05, 0) is 56.2 Å². The quantitative estimate of drug-likeness (QED) is 0.902. The molecule has 0 bridgehead atoms. The lowest BCUT2D eigenvalue weighted by atomic mass is 10.1. The van der Waals surface area contributed by atoms with Crippen LogP contribution in [0.5, 0.6) is 5.75 Å². The zero-order chi connectivity index (χ0) is 18.5. The minimum Gasteiger partial charge on any atom is -0.492 e. The van der Waals surface area contributed by atoms with Crippen molar-refractivity contribution < 1.29 is 9.53 Å². The summed E-state index contributed by atoms with van der Waals surface area (Å²) in [5.41, 5.74) is 4.56. The van der Waals surface area contributed by atoms with Gasteiger partial charge in [0.2, 0.25) is 0 Å². The first-order valence-corrected chi connectivity index (χ1v) is 9.18. The third-order valence-corrected chi connectivity index (χ3v) is 4.85. The van der Waals surface area contributed by atoms with Crippen molar-refractivity contribution >= 4 is 17.4 Å². The van der Waals surface area contributed by atoms with Crippen LogP contribution in [-0.2, 0) is 0 Å². The van der Waals surface area contributed by atoms with Gasteiger partial charge in [-0.1, -0.05) is 18.2 Å². The van der Waals surface area contributed by atoms with Crippen LogP contribution in [0.1, 0.15) is 18.1 Å². The lowest BCUT2D eigenvalue weighted by molar-refractivity contribution is 0.208. The van der Waals surface area contributed by atoms with Gasteiger partial charge in [0, 0.05) is 31.9 Å². The van der Waals surface area contributed by atoms with Crippen molar-refractivity contribution in [2.45, 2.75) is 20.8 Å². The number of urea groups is 1. The van der Waals surface area contributed by atoms with Gasteiger partial charge in [0.05, 0.1) is 12.3 Å². The number of ether oxygens (including phenoxy) is 1. The number of carbonyl (C=O) groups is 1. The molecule has 26 heavy (non-hydrogen) atoms. The molecule has 2 aromatic carbocycles. The van der Waals surface area contributed by atoms with E-state index in [9.17, 15) is 4.79 Å². The summed E-state index contributed by atoms with van der Waals surface area (Å²) in [5, 5.41) is 2.98. The normalized spacial score (nSPS) is 14.3. The number of piperazine rings is 1. The monoisotopic (exact) mass is 353 g/mol. The van der Waals surface area contributed by atoms with Gasteiger partial charge in [0.25, 0.3) is 0 Å². The van der Waals surface area contributed by atoms with Crippen molar-refractivity contribution in [3.63, 3.8) is 0 Å². The number of nitrogens with zero attached hydrogens (tertiary/aromatic N) is 2. The number of para-hydroxylation sites is 2. The summed E-state index contributed by atoms with van der Waals surface area (Å²) >= 11 is 0. The molecule has 2 amide bonds. The zero-order valence-corrected chi connectivity index (χ0v) is 15.8. The molecule has 5 heteroatoms. The standard InChI is InChI=1S/C21H27N3O2/c1-4-26-20-8-6-5-7-19(20)22-21(25)24-13-11-23(12-14-24)18-10-9-16(2)17(3)15-18/h5-10,15H,4,11-14H2,1-3H3,(H,22,25). The minimum absolute atomic E-state index is 0.0723. The summed E-state index contributed by atoms with van der Waals surface area (Å²) in [6.07, 6.45) is 0. The van der Waals surface area contributed by atoms with Crippen LogP contribution in [0, 0.1) is 13.8 Å². The molecule has 3 rings (SSSR count). The van der Waals surface area contributed by atoms with Gasteiger partial charge < -0.3 is 19.9 Å². The van der Waals surface area contributed by atoms with Crippen LogP contribution >= 0.6 is 0 Å². The van der Waals surface area contributed by atoms with Crippen LogP contribution in [0.3, 0.4) is 0 Å². The first kappa shape index (κ1) is 18.1. The van der Waals surface area contributed by atoms with Gasteiger partial charge in [-0.15, -0.1) is 0 Å². The number of nitrogens with one attached hydrogen (secondary N) is 1. The molecular formula is C21H27N3O2. The SMILES string of the molecule is CCOc1ccccc1NC(=O)N1CCN(c2ccc(C)c(C)c2)CC1. The smallest absolute Gasteiger partial charge is 0.322 e. The van der Waals surface area contributed by atoms with Crippen molar-refractivity contribution in [1.82, 2.24) is 4.90 Å². The van der Waals surface area contributed by atoms with E-state index in [1.165, 1.54) is 16.8 Å². The number of amides is 2. The Bertz CT molecular complexity index is 768. The molecule has 1 saturated heterocycles. The van der Waals surface area contributed by atoms with E-state index >= 15 is 0 Å². The number of hydrogen-bond acceptors (Lipinski definition) is 3. The molecule has 2 aromatic rings. The molecule has 0 atom stereocenters. The van der Waals surface area contributed by atoms with Crippen molar-refractivity contribution in [2.24, 2.45) is 0 Å². The van der Waals surface area contributed by atoms with Gasteiger partial charge in [0.15, 0.2) is 0 Å². The van der Waals surface area contributed by atoms with E-state index in [4.69, 9.17) is 4.74 Å². The Morgan fingerprint density at radius 2 is 1.77 bits per heavy atom. The second-order valence-corrected chi connectivity index (χ2v) is 6.60. The first-order chi connectivity index (χ1) is 12.6. The van der Waals surface area contributed by atoms with E-state index in [0.717, 1.165) is 18.8 Å². The van der Waals surface area contributed by atoms with Crippen molar-refractivity contribution in [1.29, 1.82) is 0 Å². The molecule has 1 aliphatic rings. The molecule has 1 fully saturated rings. The highest BCUT2D eigenvalue weighted by molar-refractivity contribution is 5.91. The highest BCUT2D eigenvalue weighted by Gasteiger charge is 2.22. The fourth-order valence-electron chi connectivity index (χ4n) is 3.14. The molecule has 138 valence electrons. The highest BCUT2D eigenvalue weighted by Crippen LogP contribution is 2.25. The van der Waals surface area contributed by atoms with Crippen LogP contribution in [0.15, 0.2) is 42.5 Å². The van der Waals surface area contributed by atoms with Crippen molar-refractivity contribution in [2.75, 3.05) is 43.0 Å². The molecule has 0 aliphatic carbocycles. The number of benzene rings is 2. The lowest BCUT2D eigenvalue weighted by Crippen LogP contribution is -2.50. The summed E-state index contributed by atoms with van der Waals surface area (Å²) in [6.45, 7) is 9.85. The van der Waals surface area contributed by atoms with Crippen molar-refractivity contribution in [3.8, 4) is 5.75 Å². The van der Waals surface area contributed by atoms with Crippen LogP contribution < -0.4 is 15.0 Å². The van der Waals surface area contributed by atoms with Gasteiger partial charge in [-0.3, -0.25) is 0 Å². The van der Waals surface area contributed by atoms with E-state index in [0.29, 0.717) is 25.4 Å². The first-order valence-electron chi connectivity index (χ1n) is 9.18. The Hall–Kier alpha value is -2.69. The van der Waals surface area contributed by atoms with Crippen LogP contribution in [0.2, 0.25) is 0 Å². The van der Waals surface area contributed by atoms with Crippen LogP contribution in [0.4, 0.5) is 16.2 Å². The maximum absolute atomic E-state index is 12.6. The van der Waals surface area contributed by atoms with Gasteiger partial charge in [0.1, 0.15) is 5.75 Å². The lowest BCUT2D eigenvalue weighted by Gasteiger charge is -2.36. The molecule has 0 aromatic heterocycles. The molecule has 0 saturated carbocycles. The molecule has 1 N–H and O–H groups in total. The third kappa shape index (κ3) is 4.10. The predicted octanol–water partition coefficient (Wildman–Crippen LogP) is 4.06. The third-order valence-electron chi connectivity index (χ3n) is 4.85. The summed E-state index contributed by atoms with van der Waals surface area (Å²) in [4.78, 5) is 16.8. The molecule has 1 aliphatic heterocycles. The van der Waals surface area contributed by atoms with E-state index in [2.05, 4.69) is 42.3 Å². The summed E-state index contributed by atoms with van der Waals surface area (Å²) < 4.78 is 5.58. The number of rotatable bonds is 4. The molecule has 0 unspecified atom stereocenters. The summed E-state index contributed by atoms with van der Waals surface area (Å²) in [5.74, 6) is 0.706. The topological polar surface area (TPSA) is 44.8 Å². The van der Waals surface area contributed by atoms with E-state index in [1.54, 1.807) is 0 Å². The number of carbonyl (C=O) groups excluding carboxylic acids is 1. The molecule has 1 heterocycles. The fraction of sp³-hybridized carbons (Fsp3) is 0.381. The van der Waals surface area contributed by atoms with Gasteiger partial charge >= 0.3 is 6.03 Å². The van der Waals surface area contributed by atoms with Crippen molar-refractivity contribution in [3.05, 3.63) is 53.6 Å². The summed E-state index contributed by atoms with van der Waals surface area (Å²) in [6, 6.07) is 14.0. The highest BCUT2D eigenvalue weighted by atomic mass is 16.5. The maximum Gasteiger partial charge on any atom is 0.322 e. The van der Waals surface area contributed by atoms with E-state index in [-0.39, 0.29) is 6.03 Å². The largest absolute Gasteiger partial charge is 0.492 e. The fourth-order valence-corrected chi connectivity index (χ4v) is 3.14. The van der Waals surface area contributed by atoms with Gasteiger partial charge in [-0.2, -0.15) is 0 Å². The van der Waals surface area contributed by atoms with Gasteiger partial charge in [-0.25, -0.2) is 4.79 Å². The Labute approximate surface area is 155 Å². The molecular weight excluding hydrogens is 326 g/mol. The number of anilines is 2. The van der Waals surface area contributed by atoms with Crippen LogP contribution in [-0.4, -0.2) is 43.7 Å². The Morgan fingerprint density at radius 3 is 2.46 bits per heavy atom. The van der Waals surface area contributed by atoms with E-state index in [1.807, 2.05) is 36.1 Å². The molecule has 5 nitrogen and oxygen atoms in total. The van der Waals surface area contributed by atoms with E-state index < -0.39 is 0 Å². The Balaban J connectivity index is 1.59. The Morgan fingerprint density at radius 1 is 1.04 bits per heavy atom. The molecule has 0 spiro atoms. The second-order valence-electron chi connectivity index (χ2n) is 6.60. The number of aryl methyl sites for hydroxylation is 2.